The smallest absolute Gasteiger partial charge is 0.341 e. The van der Waals surface area contributed by atoms with Gasteiger partial charge in [-0.25, -0.2) is 28.5 Å². The van der Waals surface area contributed by atoms with Crippen molar-refractivity contribution in [1.29, 1.82) is 5.26 Å². The SMILES string of the molecule is CCN(C)C=Nc1cc(C)c(Oc2ccccc2)cc1C.CO/C=C(/C(=O)OC)c1ccccc1Oc1cc(Oc2ccccc2C#N)ncn1.Cn1cc(C(=O)Nc2cccc3c2[C@H]2CC[C@@H]3C2=C(Cl)Cl)c(C(F)F)n1. The fraction of sp³-hybridized carbons (Fsp3) is 0.224. The van der Waals surface area contributed by atoms with Gasteiger partial charge < -0.3 is 33.9 Å². The van der Waals surface area contributed by atoms with Crippen molar-refractivity contribution < 1.29 is 42.1 Å². The zero-order valence-electron chi connectivity index (χ0n) is 43.1. The molecule has 0 saturated heterocycles. The minimum Gasteiger partial charge on any atom is -0.503 e. The number of allylic oxidation sites excluding steroid dienone is 1. The highest BCUT2D eigenvalue weighted by Gasteiger charge is 2.44. The highest BCUT2D eigenvalue weighted by molar-refractivity contribution is 6.56. The number of para-hydroxylation sites is 3. The van der Waals surface area contributed by atoms with Crippen molar-refractivity contribution in [3.63, 3.8) is 0 Å². The van der Waals surface area contributed by atoms with Crippen LogP contribution in [0, 0.1) is 25.2 Å². The molecule has 1 fully saturated rings. The van der Waals surface area contributed by atoms with E-state index >= 15 is 0 Å². The minimum absolute atomic E-state index is 0.0555. The lowest BCUT2D eigenvalue weighted by molar-refractivity contribution is -0.133. The van der Waals surface area contributed by atoms with E-state index in [0.29, 0.717) is 28.3 Å². The Kier molecular flexibility index (Phi) is 19.1. The Morgan fingerprint density at radius 3 is 2.21 bits per heavy atom. The summed E-state index contributed by atoms with van der Waals surface area (Å²) in [6.45, 7) is 7.13. The molecule has 5 aromatic carbocycles. The number of methoxy groups -OCH3 is 2. The van der Waals surface area contributed by atoms with Crippen LogP contribution in [0.15, 0.2) is 149 Å². The number of hydrogen-bond acceptors (Lipinski definition) is 12. The first-order valence-corrected chi connectivity index (χ1v) is 24.9. The summed E-state index contributed by atoms with van der Waals surface area (Å²) in [5.41, 5.74) is 7.19. The van der Waals surface area contributed by atoms with Crippen LogP contribution < -0.4 is 19.5 Å². The standard InChI is InChI=1S/C22H17N3O5.C18H15Cl2F2N3O.C18H22N2O/c1-27-13-17(22(26)28-2)16-8-4-6-10-19(16)30-21-11-20(24-14-25-21)29-18-9-5-3-7-15(18)12-23;1-25-7-11(15(24-25)17(21)22)18(26)23-12-4-2-3-8-9-5-6-10(13(8)12)14(9)16(19)20;1-5-20(4)13-19-17-11-15(3)18(12-14(17)2)21-16-9-7-6-8-10-16/h3-11,13-14H,1-2H3;2-4,7,9-10,17H,5-6H2,1H3,(H,23,26);6-13H,5H2,1-4H3/b17-13+;;/t;9-,10+;/m.0./s1. The van der Waals surface area contributed by atoms with Gasteiger partial charge in [-0.1, -0.05) is 83.9 Å². The van der Waals surface area contributed by atoms with E-state index in [4.69, 9.17) is 46.9 Å². The number of nitrogens with one attached hydrogen (secondary N) is 1. The summed E-state index contributed by atoms with van der Waals surface area (Å²) in [7, 11) is 6.22. The molecule has 77 heavy (non-hydrogen) atoms. The number of fused-ring (bicyclic) bond motifs is 5. The summed E-state index contributed by atoms with van der Waals surface area (Å²) >= 11 is 12.2. The highest BCUT2D eigenvalue weighted by atomic mass is 35.5. The number of carbonyl (C=O) groups excluding carboxylic acids is 2. The van der Waals surface area contributed by atoms with Gasteiger partial charge >= 0.3 is 5.97 Å². The number of anilines is 1. The molecule has 1 N–H and O–H groups in total. The average molecular weight is 1080 g/mol. The van der Waals surface area contributed by atoms with Crippen molar-refractivity contribution in [1.82, 2.24) is 24.6 Å². The van der Waals surface area contributed by atoms with E-state index in [1.54, 1.807) is 54.6 Å². The normalized spacial score (nSPS) is 14.1. The quantitative estimate of drug-likeness (QED) is 0.0339. The molecule has 2 aromatic heterocycles. The van der Waals surface area contributed by atoms with Crippen LogP contribution in [0.25, 0.3) is 5.57 Å². The van der Waals surface area contributed by atoms with E-state index in [0.717, 1.165) is 64.4 Å². The van der Waals surface area contributed by atoms with Crippen LogP contribution in [0.4, 0.5) is 20.2 Å². The first-order valence-electron chi connectivity index (χ1n) is 24.1. The number of amides is 1. The molecule has 9 rings (SSSR count). The van der Waals surface area contributed by atoms with E-state index in [1.807, 2.05) is 73.7 Å². The van der Waals surface area contributed by atoms with Gasteiger partial charge in [-0.15, -0.1) is 0 Å². The van der Waals surface area contributed by atoms with Gasteiger partial charge in [0.25, 0.3) is 12.3 Å². The van der Waals surface area contributed by atoms with Gasteiger partial charge in [-0.05, 0) is 110 Å². The molecule has 2 heterocycles. The lowest BCUT2D eigenvalue weighted by Gasteiger charge is -2.18. The third kappa shape index (κ3) is 13.8. The monoisotopic (exact) mass is 1080 g/mol. The number of esters is 1. The number of nitrogens with zero attached hydrogens (tertiary/aromatic N) is 7. The Morgan fingerprint density at radius 1 is 0.857 bits per heavy atom. The number of nitriles is 1. The van der Waals surface area contributed by atoms with Crippen molar-refractivity contribution in [3.8, 4) is 40.8 Å². The summed E-state index contributed by atoms with van der Waals surface area (Å²) in [6, 6.07) is 36.7. The number of aromatic nitrogens is 4. The van der Waals surface area contributed by atoms with Gasteiger partial charge in [0.1, 0.15) is 51.2 Å². The average Bonchev–Trinajstić information content (AvgIpc) is 4.17. The second kappa shape index (κ2) is 26.3. The second-order valence-corrected chi connectivity index (χ2v) is 18.4. The summed E-state index contributed by atoms with van der Waals surface area (Å²) in [5, 5.41) is 15.7. The Hall–Kier alpha value is -8.59. The van der Waals surface area contributed by atoms with Gasteiger partial charge in [0.05, 0.1) is 49.7 Å². The summed E-state index contributed by atoms with van der Waals surface area (Å²) in [4.78, 5) is 39.5. The van der Waals surface area contributed by atoms with Gasteiger partial charge in [-0.2, -0.15) is 10.4 Å². The van der Waals surface area contributed by atoms with Crippen LogP contribution in [0.2, 0.25) is 0 Å². The van der Waals surface area contributed by atoms with Crippen molar-refractivity contribution in [2.45, 2.75) is 51.9 Å². The summed E-state index contributed by atoms with van der Waals surface area (Å²) in [5.74, 6) is 1.86. The molecule has 19 heteroatoms. The van der Waals surface area contributed by atoms with E-state index in [9.17, 15) is 23.6 Å². The number of halogens is 4. The highest BCUT2D eigenvalue weighted by Crippen LogP contribution is 2.60. The molecule has 396 valence electrons. The molecule has 1 saturated carbocycles. The fourth-order valence-corrected chi connectivity index (χ4v) is 9.13. The van der Waals surface area contributed by atoms with Gasteiger partial charge in [0, 0.05) is 49.9 Å². The molecule has 1 amide bonds. The maximum atomic E-state index is 13.1. The van der Waals surface area contributed by atoms with Crippen LogP contribution in [0.3, 0.4) is 0 Å². The number of aryl methyl sites for hydroxylation is 3. The molecule has 0 spiro atoms. The Labute approximate surface area is 455 Å². The lowest BCUT2D eigenvalue weighted by Crippen LogP contribution is -2.16. The number of hydrogen-bond donors (Lipinski definition) is 1. The molecule has 0 radical (unpaired) electrons. The Morgan fingerprint density at radius 2 is 1.53 bits per heavy atom. The predicted molar refractivity (Wildman–Crippen MR) is 292 cm³/mol. The molecule has 0 aliphatic heterocycles. The first kappa shape index (κ1) is 56.1. The third-order valence-corrected chi connectivity index (χ3v) is 12.8. The molecule has 7 aromatic rings. The molecular formula is C58H54Cl2F2N8O7. The maximum Gasteiger partial charge on any atom is 0.341 e. The van der Waals surface area contributed by atoms with E-state index < -0.39 is 24.0 Å². The number of alkyl halides is 2. The van der Waals surface area contributed by atoms with Gasteiger partial charge in [0.2, 0.25) is 11.8 Å². The third-order valence-electron chi connectivity index (χ3n) is 12.4. The van der Waals surface area contributed by atoms with Crippen molar-refractivity contribution in [3.05, 3.63) is 189 Å². The minimum atomic E-state index is -2.82. The van der Waals surface area contributed by atoms with Crippen LogP contribution >= 0.6 is 23.2 Å². The zero-order valence-corrected chi connectivity index (χ0v) is 44.6. The number of benzene rings is 5. The lowest BCUT2D eigenvalue weighted by atomic mass is 9.90. The molecule has 2 bridgehead atoms. The Balaban J connectivity index is 0.000000170. The molecule has 2 atom stereocenters. The molecule has 2 aliphatic rings. The topological polar surface area (TPSA) is 175 Å². The van der Waals surface area contributed by atoms with E-state index in [1.165, 1.54) is 50.8 Å². The number of carbonyl (C=O) groups is 2. The van der Waals surface area contributed by atoms with E-state index in [-0.39, 0.29) is 39.2 Å². The fourth-order valence-electron chi connectivity index (χ4n) is 8.61. The largest absolute Gasteiger partial charge is 0.503 e. The van der Waals surface area contributed by atoms with Crippen LogP contribution in [-0.4, -0.2) is 70.7 Å². The summed E-state index contributed by atoms with van der Waals surface area (Å²) in [6.07, 6.45) is 4.75. The van der Waals surface area contributed by atoms with Gasteiger partial charge in [-0.3, -0.25) is 9.48 Å². The van der Waals surface area contributed by atoms with Crippen molar-refractivity contribution >= 4 is 58.4 Å². The maximum absolute atomic E-state index is 13.1. The predicted octanol–water partition coefficient (Wildman–Crippen LogP) is 14.1. The first-order chi connectivity index (χ1) is 37.1. The van der Waals surface area contributed by atoms with Crippen LogP contribution in [0.1, 0.15) is 87.5 Å². The summed E-state index contributed by atoms with van der Waals surface area (Å²) < 4.78 is 55.1. The van der Waals surface area contributed by atoms with Crippen LogP contribution in [0.5, 0.6) is 34.8 Å². The Bertz CT molecular complexity index is 3380. The molecule has 15 nitrogen and oxygen atoms in total. The van der Waals surface area contributed by atoms with Crippen molar-refractivity contribution in [2.24, 2.45) is 12.0 Å². The number of rotatable bonds is 15. The second-order valence-electron chi connectivity index (χ2n) is 17.5. The van der Waals surface area contributed by atoms with Crippen molar-refractivity contribution in [2.75, 3.05) is 33.1 Å². The molecular weight excluding hydrogens is 1030 g/mol. The van der Waals surface area contributed by atoms with Crippen LogP contribution in [-0.2, 0) is 21.3 Å². The van der Waals surface area contributed by atoms with Gasteiger partial charge in [0.15, 0.2) is 0 Å². The van der Waals surface area contributed by atoms with E-state index in [2.05, 4.69) is 51.4 Å². The number of ether oxygens (including phenoxy) is 5. The molecule has 2 aliphatic carbocycles. The number of aliphatic imine (C=N–C) groups is 1. The zero-order chi connectivity index (χ0) is 55.2. The molecule has 0 unspecified atom stereocenters.